The Bertz CT molecular complexity index is 287. The van der Waals surface area contributed by atoms with Crippen LogP contribution >= 0.6 is 0 Å². The van der Waals surface area contributed by atoms with E-state index in [4.69, 9.17) is 15.6 Å². The number of amides is 2. The van der Waals surface area contributed by atoms with Crippen LogP contribution in [0.3, 0.4) is 0 Å². The Labute approximate surface area is 106 Å². The van der Waals surface area contributed by atoms with E-state index in [1.165, 1.54) is 0 Å². The van der Waals surface area contributed by atoms with Gasteiger partial charge in [0.15, 0.2) is 0 Å². The number of hydrogen-bond acceptors (Lipinski definition) is 5. The van der Waals surface area contributed by atoms with E-state index in [9.17, 15) is 15.0 Å². The number of carbonyl (C=O) groups is 1. The monoisotopic (exact) mass is 262 g/mol. The summed E-state index contributed by atoms with van der Waals surface area (Å²) in [6.07, 6.45) is -2.58. The van der Waals surface area contributed by atoms with E-state index in [-0.39, 0.29) is 12.7 Å². The third-order valence-corrected chi connectivity index (χ3v) is 3.13. The Hall–Kier alpha value is -0.890. The van der Waals surface area contributed by atoms with Gasteiger partial charge in [-0.05, 0) is 20.3 Å². The van der Waals surface area contributed by atoms with Crippen LogP contribution in [0.15, 0.2) is 0 Å². The van der Waals surface area contributed by atoms with Crippen LogP contribution in [0.5, 0.6) is 0 Å². The highest BCUT2D eigenvalue weighted by Crippen LogP contribution is 2.28. The van der Waals surface area contributed by atoms with E-state index in [1.54, 1.807) is 0 Å². The second-order valence-electron chi connectivity index (χ2n) is 4.92. The van der Waals surface area contributed by atoms with Gasteiger partial charge in [-0.3, -0.25) is 0 Å². The average molecular weight is 262 g/mol. The van der Waals surface area contributed by atoms with Gasteiger partial charge in [0.25, 0.3) is 0 Å². The van der Waals surface area contributed by atoms with Crippen LogP contribution < -0.4 is 11.1 Å². The first-order valence-corrected chi connectivity index (χ1v) is 6.05. The lowest BCUT2D eigenvalue weighted by Crippen LogP contribution is -2.62. The van der Waals surface area contributed by atoms with Crippen molar-refractivity contribution >= 4 is 6.03 Å². The predicted octanol–water partition coefficient (Wildman–Crippen LogP) is -1.45. The summed E-state index contributed by atoms with van der Waals surface area (Å²) in [7, 11) is 0. The average Bonchev–Trinajstić information content (AvgIpc) is 2.27. The number of urea groups is 1. The van der Waals surface area contributed by atoms with Gasteiger partial charge < -0.3 is 31.1 Å². The van der Waals surface area contributed by atoms with E-state index < -0.39 is 36.3 Å². The van der Waals surface area contributed by atoms with E-state index in [2.05, 4.69) is 5.32 Å². The summed E-state index contributed by atoms with van der Waals surface area (Å²) >= 11 is 0. The molecule has 106 valence electrons. The van der Waals surface area contributed by atoms with E-state index in [1.807, 2.05) is 13.8 Å². The number of ether oxygens (including phenoxy) is 1. The number of hydrogen-bond donors (Lipinski definition) is 5. The summed E-state index contributed by atoms with van der Waals surface area (Å²) in [6, 6.07) is -1.56. The topological polar surface area (TPSA) is 125 Å². The minimum absolute atomic E-state index is 0.103. The zero-order valence-electron chi connectivity index (χ0n) is 10.6. The molecule has 0 bridgehead atoms. The van der Waals surface area contributed by atoms with Crippen molar-refractivity contribution in [2.45, 2.75) is 50.7 Å². The molecular weight excluding hydrogens is 240 g/mol. The third-order valence-electron chi connectivity index (χ3n) is 3.13. The van der Waals surface area contributed by atoms with Crippen LogP contribution in [0.4, 0.5) is 4.79 Å². The molecule has 0 aliphatic heterocycles. The van der Waals surface area contributed by atoms with Gasteiger partial charge in [-0.1, -0.05) is 0 Å². The molecule has 0 aromatic rings. The standard InChI is InChI=1S/C11H22N2O5/c1-5(2)18-7-3-6(4-14)9(15)10(16)8(7)13-11(12)17/h5-10,14-16H,3-4H2,1-2H3,(H3,12,13,17)/t6-,7?,8+,9+,10-/m1/s1. The van der Waals surface area contributed by atoms with Crippen molar-refractivity contribution in [2.75, 3.05) is 6.61 Å². The molecule has 1 saturated carbocycles. The molecule has 0 saturated heterocycles. The van der Waals surface area contributed by atoms with Gasteiger partial charge in [-0.25, -0.2) is 4.79 Å². The van der Waals surface area contributed by atoms with E-state index in [0.717, 1.165) is 0 Å². The minimum atomic E-state index is -1.22. The molecule has 1 aliphatic rings. The van der Waals surface area contributed by atoms with Gasteiger partial charge in [0.2, 0.25) is 0 Å². The summed E-state index contributed by atoms with van der Waals surface area (Å²) in [5.41, 5.74) is 5.04. The number of nitrogens with two attached hydrogens (primary N) is 1. The first-order chi connectivity index (χ1) is 8.36. The highest BCUT2D eigenvalue weighted by Gasteiger charge is 2.44. The van der Waals surface area contributed by atoms with Gasteiger partial charge in [0, 0.05) is 12.5 Å². The highest BCUT2D eigenvalue weighted by atomic mass is 16.5. The molecule has 0 aromatic heterocycles. The minimum Gasteiger partial charge on any atom is -0.396 e. The van der Waals surface area contributed by atoms with Crippen LogP contribution in [0.2, 0.25) is 0 Å². The van der Waals surface area contributed by atoms with Crippen molar-refractivity contribution in [3.8, 4) is 0 Å². The third kappa shape index (κ3) is 3.55. The van der Waals surface area contributed by atoms with Gasteiger partial charge in [-0.15, -0.1) is 0 Å². The molecule has 0 radical (unpaired) electrons. The second-order valence-corrected chi connectivity index (χ2v) is 4.92. The smallest absolute Gasteiger partial charge is 0.312 e. The van der Waals surface area contributed by atoms with Crippen LogP contribution in [-0.2, 0) is 4.74 Å². The molecule has 0 heterocycles. The van der Waals surface area contributed by atoms with Crippen molar-refractivity contribution in [2.24, 2.45) is 11.7 Å². The first kappa shape index (κ1) is 15.2. The van der Waals surface area contributed by atoms with E-state index in [0.29, 0.717) is 6.42 Å². The van der Waals surface area contributed by atoms with E-state index >= 15 is 0 Å². The fourth-order valence-electron chi connectivity index (χ4n) is 2.31. The molecular formula is C11H22N2O5. The highest BCUT2D eigenvalue weighted by molar-refractivity contribution is 5.72. The Kier molecular flexibility index (Phi) is 5.33. The van der Waals surface area contributed by atoms with Gasteiger partial charge in [0.05, 0.1) is 24.4 Å². The lowest BCUT2D eigenvalue weighted by molar-refractivity contribution is -0.139. The molecule has 2 amide bonds. The predicted molar refractivity (Wildman–Crippen MR) is 63.7 cm³/mol. The number of primary amides is 1. The molecule has 6 N–H and O–H groups in total. The fraction of sp³-hybridized carbons (Fsp3) is 0.909. The molecule has 0 spiro atoms. The summed E-state index contributed by atoms with van der Waals surface area (Å²) in [5.74, 6) is -0.477. The largest absolute Gasteiger partial charge is 0.396 e. The van der Waals surface area contributed by atoms with Crippen LogP contribution in [0.25, 0.3) is 0 Å². The number of aliphatic hydroxyl groups excluding tert-OH is 3. The normalized spacial score (nSPS) is 36.7. The quantitative estimate of drug-likeness (QED) is 0.424. The molecule has 5 atom stereocenters. The lowest BCUT2D eigenvalue weighted by Gasteiger charge is -2.42. The Morgan fingerprint density at radius 2 is 2.06 bits per heavy atom. The maximum atomic E-state index is 10.9. The SMILES string of the molecule is CC(C)OC1C[C@H](CO)[C@H](O)[C@H](O)[C@H]1NC(N)=O. The second kappa shape index (κ2) is 6.33. The number of carbonyl (C=O) groups excluding carboxylic acids is 1. The van der Waals surface area contributed by atoms with Gasteiger partial charge >= 0.3 is 6.03 Å². The Morgan fingerprint density at radius 3 is 2.50 bits per heavy atom. The zero-order valence-corrected chi connectivity index (χ0v) is 10.6. The first-order valence-electron chi connectivity index (χ1n) is 6.05. The molecule has 1 aliphatic carbocycles. The summed E-state index contributed by atoms with van der Waals surface area (Å²) < 4.78 is 5.60. The maximum absolute atomic E-state index is 10.9. The molecule has 1 unspecified atom stereocenters. The molecule has 18 heavy (non-hydrogen) atoms. The maximum Gasteiger partial charge on any atom is 0.312 e. The van der Waals surface area contributed by atoms with Crippen molar-refractivity contribution in [3.05, 3.63) is 0 Å². The van der Waals surface area contributed by atoms with Crippen LogP contribution in [0, 0.1) is 5.92 Å². The number of rotatable bonds is 4. The van der Waals surface area contributed by atoms with Crippen molar-refractivity contribution < 1.29 is 24.9 Å². The summed E-state index contributed by atoms with van der Waals surface area (Å²) in [6.45, 7) is 3.40. The Morgan fingerprint density at radius 1 is 1.44 bits per heavy atom. The molecule has 7 heteroatoms. The number of nitrogens with one attached hydrogen (secondary N) is 1. The van der Waals surface area contributed by atoms with Gasteiger partial charge in [0.1, 0.15) is 6.10 Å². The molecule has 1 fully saturated rings. The Balaban J connectivity index is 2.83. The van der Waals surface area contributed by atoms with Crippen LogP contribution in [0.1, 0.15) is 20.3 Å². The molecule has 1 rings (SSSR count). The van der Waals surface area contributed by atoms with Crippen molar-refractivity contribution in [3.63, 3.8) is 0 Å². The summed E-state index contributed by atoms with van der Waals surface area (Å²) in [4.78, 5) is 10.9. The van der Waals surface area contributed by atoms with Crippen molar-refractivity contribution in [1.29, 1.82) is 0 Å². The van der Waals surface area contributed by atoms with Crippen molar-refractivity contribution in [1.82, 2.24) is 5.32 Å². The molecule has 0 aromatic carbocycles. The van der Waals surface area contributed by atoms with Gasteiger partial charge in [-0.2, -0.15) is 0 Å². The molecule has 7 nitrogen and oxygen atoms in total. The fourth-order valence-corrected chi connectivity index (χ4v) is 2.31. The lowest BCUT2D eigenvalue weighted by atomic mass is 9.79. The van der Waals surface area contributed by atoms with Crippen LogP contribution in [-0.4, -0.2) is 58.4 Å². The summed E-state index contributed by atoms with van der Waals surface area (Å²) in [5, 5.41) is 31.3. The number of aliphatic hydroxyl groups is 3. The zero-order chi connectivity index (χ0) is 13.9.